The minimum absolute atomic E-state index is 0.0493. The Morgan fingerprint density at radius 3 is 2.52 bits per heavy atom. The van der Waals surface area contributed by atoms with Crippen molar-refractivity contribution in [3.8, 4) is 0 Å². The number of likely N-dealkylation sites (tertiary alicyclic amines) is 1. The molecular formula is C17H26N4O3S. The molecular weight excluding hydrogens is 340 g/mol. The monoisotopic (exact) mass is 366 g/mol. The lowest BCUT2D eigenvalue weighted by Crippen LogP contribution is -2.50. The standard InChI is InChI=1S/C17H26N4O3S/c18-25(23,24)15-5-3-13(4-6-15)12-20-17(22)16-2-1-11-21(16)14-7-9-19-10-8-14/h3-6,14,16,19H,1-2,7-12H2,(H,20,22)(H2,18,23,24)/t16-/m0/s1. The summed E-state index contributed by atoms with van der Waals surface area (Å²) in [6.45, 7) is 3.42. The van der Waals surface area contributed by atoms with Gasteiger partial charge in [-0.1, -0.05) is 12.1 Å². The van der Waals surface area contributed by atoms with E-state index in [0.717, 1.165) is 50.9 Å². The predicted octanol–water partition coefficient (Wildman–Crippen LogP) is 0.167. The van der Waals surface area contributed by atoms with Crippen molar-refractivity contribution in [1.29, 1.82) is 0 Å². The number of nitrogens with two attached hydrogens (primary N) is 1. The van der Waals surface area contributed by atoms with Crippen LogP contribution in [0.1, 0.15) is 31.2 Å². The van der Waals surface area contributed by atoms with Gasteiger partial charge in [-0.25, -0.2) is 13.6 Å². The van der Waals surface area contributed by atoms with Gasteiger partial charge in [0.25, 0.3) is 0 Å². The lowest BCUT2D eigenvalue weighted by atomic mass is 10.0. The van der Waals surface area contributed by atoms with Gasteiger partial charge in [0.2, 0.25) is 15.9 Å². The number of piperidine rings is 1. The molecule has 0 radical (unpaired) electrons. The quantitative estimate of drug-likeness (QED) is 0.689. The molecule has 1 aromatic rings. The highest BCUT2D eigenvalue weighted by Crippen LogP contribution is 2.24. The van der Waals surface area contributed by atoms with Crippen LogP contribution in [0.2, 0.25) is 0 Å². The summed E-state index contributed by atoms with van der Waals surface area (Å²) in [5, 5.41) is 11.4. The minimum atomic E-state index is -3.68. The van der Waals surface area contributed by atoms with Gasteiger partial charge in [-0.15, -0.1) is 0 Å². The van der Waals surface area contributed by atoms with Gasteiger partial charge in [-0.05, 0) is 63.0 Å². The van der Waals surface area contributed by atoms with E-state index in [4.69, 9.17) is 5.14 Å². The maximum Gasteiger partial charge on any atom is 0.238 e. The molecule has 1 amide bonds. The molecule has 8 heteroatoms. The minimum Gasteiger partial charge on any atom is -0.351 e. The fourth-order valence-electron chi connectivity index (χ4n) is 3.75. The molecule has 2 heterocycles. The Labute approximate surface area is 149 Å². The van der Waals surface area contributed by atoms with Crippen LogP contribution in [0.4, 0.5) is 0 Å². The fourth-order valence-corrected chi connectivity index (χ4v) is 4.27. The number of nitrogens with zero attached hydrogens (tertiary/aromatic N) is 1. The molecule has 4 N–H and O–H groups in total. The summed E-state index contributed by atoms with van der Waals surface area (Å²) in [6.07, 6.45) is 4.16. The van der Waals surface area contributed by atoms with Crippen LogP contribution in [0.15, 0.2) is 29.2 Å². The third-order valence-corrected chi connectivity index (χ3v) is 6.02. The van der Waals surface area contributed by atoms with Crippen LogP contribution in [0.25, 0.3) is 0 Å². The zero-order valence-electron chi connectivity index (χ0n) is 14.3. The first-order valence-electron chi connectivity index (χ1n) is 8.81. The molecule has 2 aliphatic rings. The summed E-state index contributed by atoms with van der Waals surface area (Å²) in [6, 6.07) is 6.74. The lowest BCUT2D eigenvalue weighted by molar-refractivity contribution is -0.126. The van der Waals surface area contributed by atoms with Crippen molar-refractivity contribution in [3.63, 3.8) is 0 Å². The molecule has 1 aromatic carbocycles. The number of nitrogens with one attached hydrogen (secondary N) is 2. The first kappa shape index (κ1) is 18.3. The zero-order chi connectivity index (χ0) is 17.9. The van der Waals surface area contributed by atoms with Gasteiger partial charge in [0.15, 0.2) is 0 Å². The molecule has 2 saturated heterocycles. The van der Waals surface area contributed by atoms with E-state index in [1.165, 1.54) is 12.1 Å². The second kappa shape index (κ2) is 7.82. The molecule has 2 aliphatic heterocycles. The summed E-state index contributed by atoms with van der Waals surface area (Å²) >= 11 is 0. The molecule has 1 atom stereocenters. The number of hydrogen-bond donors (Lipinski definition) is 3. The van der Waals surface area contributed by atoms with Crippen molar-refractivity contribution in [1.82, 2.24) is 15.5 Å². The number of carbonyl (C=O) groups excluding carboxylic acids is 1. The van der Waals surface area contributed by atoms with Crippen molar-refractivity contribution >= 4 is 15.9 Å². The molecule has 0 unspecified atom stereocenters. The Kier molecular flexibility index (Phi) is 5.73. The van der Waals surface area contributed by atoms with Crippen LogP contribution in [0.5, 0.6) is 0 Å². The number of carbonyl (C=O) groups is 1. The first-order chi connectivity index (χ1) is 11.9. The molecule has 0 aliphatic carbocycles. The summed E-state index contributed by atoms with van der Waals surface area (Å²) in [7, 11) is -3.68. The smallest absolute Gasteiger partial charge is 0.238 e. The molecule has 0 saturated carbocycles. The summed E-state index contributed by atoms with van der Waals surface area (Å²) < 4.78 is 22.5. The molecule has 0 bridgehead atoms. The van der Waals surface area contributed by atoms with Gasteiger partial charge in [0, 0.05) is 12.6 Å². The van der Waals surface area contributed by atoms with Gasteiger partial charge >= 0.3 is 0 Å². The molecule has 7 nitrogen and oxygen atoms in total. The Morgan fingerprint density at radius 2 is 1.88 bits per heavy atom. The van der Waals surface area contributed by atoms with Gasteiger partial charge < -0.3 is 10.6 Å². The topological polar surface area (TPSA) is 105 Å². The number of primary sulfonamides is 1. The van der Waals surface area contributed by atoms with E-state index in [-0.39, 0.29) is 16.8 Å². The third kappa shape index (κ3) is 4.58. The van der Waals surface area contributed by atoms with E-state index in [9.17, 15) is 13.2 Å². The van der Waals surface area contributed by atoms with Crippen LogP contribution in [0.3, 0.4) is 0 Å². The Hall–Kier alpha value is -1.48. The van der Waals surface area contributed by atoms with Crippen LogP contribution >= 0.6 is 0 Å². The van der Waals surface area contributed by atoms with Crippen LogP contribution in [0, 0.1) is 0 Å². The molecule has 0 spiro atoms. The van der Waals surface area contributed by atoms with Crippen molar-refractivity contribution in [2.75, 3.05) is 19.6 Å². The molecule has 3 rings (SSSR count). The fraction of sp³-hybridized carbons (Fsp3) is 0.588. The van der Waals surface area contributed by atoms with E-state index >= 15 is 0 Å². The summed E-state index contributed by atoms with van der Waals surface area (Å²) in [5.74, 6) is 0.0616. The van der Waals surface area contributed by atoms with Gasteiger partial charge in [0.1, 0.15) is 0 Å². The van der Waals surface area contributed by atoms with Crippen molar-refractivity contribution in [2.45, 2.75) is 49.2 Å². The number of amides is 1. The SMILES string of the molecule is NS(=O)(=O)c1ccc(CNC(=O)[C@@H]2CCCN2C2CCNCC2)cc1. The normalized spacial score (nSPS) is 22.8. The van der Waals surface area contributed by atoms with Crippen LogP contribution < -0.4 is 15.8 Å². The van der Waals surface area contributed by atoms with Gasteiger partial charge in [-0.3, -0.25) is 9.69 Å². The predicted molar refractivity (Wildman–Crippen MR) is 95.3 cm³/mol. The highest BCUT2D eigenvalue weighted by molar-refractivity contribution is 7.89. The zero-order valence-corrected chi connectivity index (χ0v) is 15.1. The molecule has 0 aromatic heterocycles. The molecule has 25 heavy (non-hydrogen) atoms. The second-order valence-electron chi connectivity index (χ2n) is 6.78. The van der Waals surface area contributed by atoms with E-state index in [1.807, 2.05) is 0 Å². The third-order valence-electron chi connectivity index (χ3n) is 5.09. The first-order valence-corrected chi connectivity index (χ1v) is 10.4. The molecule has 2 fully saturated rings. The average molecular weight is 366 g/mol. The van der Waals surface area contributed by atoms with E-state index in [0.29, 0.717) is 12.6 Å². The highest BCUT2D eigenvalue weighted by Gasteiger charge is 2.35. The van der Waals surface area contributed by atoms with E-state index < -0.39 is 10.0 Å². The maximum atomic E-state index is 12.6. The number of benzene rings is 1. The molecule has 138 valence electrons. The number of sulfonamides is 1. The van der Waals surface area contributed by atoms with Gasteiger partial charge in [0.05, 0.1) is 10.9 Å². The van der Waals surface area contributed by atoms with Crippen LogP contribution in [-0.2, 0) is 21.4 Å². The Balaban J connectivity index is 1.56. The van der Waals surface area contributed by atoms with E-state index in [1.54, 1.807) is 12.1 Å². The number of rotatable bonds is 5. The highest BCUT2D eigenvalue weighted by atomic mass is 32.2. The number of hydrogen-bond acceptors (Lipinski definition) is 5. The Bertz CT molecular complexity index is 699. The van der Waals surface area contributed by atoms with E-state index in [2.05, 4.69) is 15.5 Å². The Morgan fingerprint density at radius 1 is 1.20 bits per heavy atom. The van der Waals surface area contributed by atoms with Crippen molar-refractivity contribution in [2.24, 2.45) is 5.14 Å². The lowest BCUT2D eigenvalue weighted by Gasteiger charge is -2.35. The second-order valence-corrected chi connectivity index (χ2v) is 8.35. The van der Waals surface area contributed by atoms with Gasteiger partial charge in [-0.2, -0.15) is 0 Å². The van der Waals surface area contributed by atoms with Crippen molar-refractivity contribution in [3.05, 3.63) is 29.8 Å². The average Bonchev–Trinajstić information content (AvgIpc) is 3.10. The largest absolute Gasteiger partial charge is 0.351 e. The maximum absolute atomic E-state index is 12.6. The van der Waals surface area contributed by atoms with Crippen molar-refractivity contribution < 1.29 is 13.2 Å². The van der Waals surface area contributed by atoms with Crippen LogP contribution in [-0.4, -0.2) is 50.9 Å². The summed E-state index contributed by atoms with van der Waals surface area (Å²) in [5.41, 5.74) is 0.854. The summed E-state index contributed by atoms with van der Waals surface area (Å²) in [4.78, 5) is 15.1.